The minimum atomic E-state index is -2.75. The normalized spacial score (nSPS) is 11.9. The molecule has 0 atom stereocenters. The van der Waals surface area contributed by atoms with Gasteiger partial charge in [0.2, 0.25) is 0 Å². The van der Waals surface area contributed by atoms with Crippen LogP contribution in [0.25, 0.3) is 66.1 Å². The van der Waals surface area contributed by atoms with Gasteiger partial charge in [-0.1, -0.05) is 194 Å². The van der Waals surface area contributed by atoms with Crippen LogP contribution in [0.2, 0.25) is 0 Å². The SMILES string of the molecule is c1ccc(-c2cccc3c2c2cccc(-n4c5ccccc5c5cc([Si](c6ccccc6)(c6ccccc6)c6ccccc6)ccc54)c2n3-c2ccccc2)cc1. The summed E-state index contributed by atoms with van der Waals surface area (Å²) in [6.45, 7) is 0. The molecule has 0 fully saturated rings. The predicted molar refractivity (Wildman–Crippen MR) is 244 cm³/mol. The quantitative estimate of drug-likeness (QED) is 0.114. The van der Waals surface area contributed by atoms with Gasteiger partial charge in [0, 0.05) is 27.2 Å². The van der Waals surface area contributed by atoms with Crippen molar-refractivity contribution >= 4 is 72.4 Å². The number of fused-ring (bicyclic) bond motifs is 6. The predicted octanol–water partition coefficient (Wildman–Crippen LogP) is 10.9. The molecule has 0 aliphatic heterocycles. The Kier molecular flexibility index (Phi) is 7.87. The van der Waals surface area contributed by atoms with E-state index in [1.54, 1.807) is 0 Å². The third-order valence-corrected chi connectivity index (χ3v) is 16.6. The van der Waals surface area contributed by atoms with Gasteiger partial charge in [0.1, 0.15) is 0 Å². The van der Waals surface area contributed by atoms with Crippen molar-refractivity contribution in [3.8, 4) is 22.5 Å². The minimum absolute atomic E-state index is 1.14. The van der Waals surface area contributed by atoms with Gasteiger partial charge in [-0.2, -0.15) is 0 Å². The summed E-state index contributed by atoms with van der Waals surface area (Å²) in [5.41, 5.74) is 9.52. The Hall–Kier alpha value is -7.20. The fraction of sp³-hybridized carbons (Fsp3) is 0. The van der Waals surface area contributed by atoms with Gasteiger partial charge in [0.25, 0.3) is 0 Å². The molecule has 11 aromatic rings. The first-order valence-electron chi connectivity index (χ1n) is 19.7. The zero-order valence-electron chi connectivity index (χ0n) is 31.3. The molecule has 0 aliphatic carbocycles. The first kappa shape index (κ1) is 33.2. The molecule has 0 aliphatic rings. The van der Waals surface area contributed by atoms with E-state index in [2.05, 4.69) is 240 Å². The molecule has 0 bridgehead atoms. The van der Waals surface area contributed by atoms with E-state index < -0.39 is 8.07 Å². The lowest BCUT2D eigenvalue weighted by Crippen LogP contribution is -2.74. The molecule has 2 heterocycles. The van der Waals surface area contributed by atoms with E-state index in [0.29, 0.717) is 0 Å². The zero-order chi connectivity index (χ0) is 37.8. The molecule has 9 aromatic carbocycles. The maximum absolute atomic E-state index is 2.75. The van der Waals surface area contributed by atoms with Crippen LogP contribution in [0.5, 0.6) is 0 Å². The van der Waals surface area contributed by atoms with E-state index in [1.165, 1.54) is 75.5 Å². The van der Waals surface area contributed by atoms with Gasteiger partial charge in [0.15, 0.2) is 8.07 Å². The molecule has 2 aromatic heterocycles. The van der Waals surface area contributed by atoms with Crippen LogP contribution < -0.4 is 20.7 Å². The van der Waals surface area contributed by atoms with E-state index in [1.807, 2.05) is 0 Å². The second-order valence-corrected chi connectivity index (χ2v) is 18.7. The van der Waals surface area contributed by atoms with Crippen molar-refractivity contribution in [2.24, 2.45) is 0 Å². The standard InChI is InChI=1S/C54H38N2Si/c1-6-20-39(21-7-1)45-31-18-34-51-53(45)47-32-19-35-52(54(47)55(51)40-22-8-2-9-23-40)56-49-33-17-16-30-46(49)48-38-44(36-37-50(48)56)57(41-24-10-3-11-25-41,42-26-12-4-13-27-42)43-28-14-5-15-29-43/h1-38H. The van der Waals surface area contributed by atoms with Crippen LogP contribution in [0.3, 0.4) is 0 Å². The monoisotopic (exact) mass is 742 g/mol. The van der Waals surface area contributed by atoms with Crippen molar-refractivity contribution in [2.45, 2.75) is 0 Å². The Bertz CT molecular complexity index is 3110. The summed E-state index contributed by atoms with van der Waals surface area (Å²) < 4.78 is 4.98. The van der Waals surface area contributed by atoms with E-state index >= 15 is 0 Å². The van der Waals surface area contributed by atoms with Crippen LogP contribution >= 0.6 is 0 Å². The molecule has 0 saturated carbocycles. The third-order valence-electron chi connectivity index (χ3n) is 11.9. The fourth-order valence-electron chi connectivity index (χ4n) is 9.51. The lowest BCUT2D eigenvalue weighted by Gasteiger charge is -2.34. The molecule has 268 valence electrons. The molecule has 0 N–H and O–H groups in total. The van der Waals surface area contributed by atoms with Gasteiger partial charge >= 0.3 is 0 Å². The molecule has 0 unspecified atom stereocenters. The van der Waals surface area contributed by atoms with Crippen LogP contribution in [-0.2, 0) is 0 Å². The van der Waals surface area contributed by atoms with Gasteiger partial charge in [-0.25, -0.2) is 0 Å². The molecule has 3 heteroatoms. The highest BCUT2D eigenvalue weighted by atomic mass is 28.3. The zero-order valence-corrected chi connectivity index (χ0v) is 32.3. The van der Waals surface area contributed by atoms with E-state index in [0.717, 1.165) is 11.4 Å². The summed E-state index contributed by atoms with van der Waals surface area (Å²) in [4.78, 5) is 0. The average Bonchev–Trinajstić information content (AvgIpc) is 3.81. The fourth-order valence-corrected chi connectivity index (χ4v) is 14.3. The first-order valence-corrected chi connectivity index (χ1v) is 21.7. The molecular weight excluding hydrogens is 705 g/mol. The van der Waals surface area contributed by atoms with E-state index in [9.17, 15) is 0 Å². The van der Waals surface area contributed by atoms with Gasteiger partial charge in [-0.3, -0.25) is 0 Å². The van der Waals surface area contributed by atoms with Crippen molar-refractivity contribution in [3.63, 3.8) is 0 Å². The number of hydrogen-bond donors (Lipinski definition) is 0. The summed E-state index contributed by atoms with van der Waals surface area (Å²) in [5, 5.41) is 10.5. The second kappa shape index (κ2) is 13.5. The Morgan fingerprint density at radius 2 is 0.825 bits per heavy atom. The first-order chi connectivity index (χ1) is 28.3. The maximum atomic E-state index is 2.52. The molecule has 0 saturated heterocycles. The van der Waals surface area contributed by atoms with Crippen LogP contribution in [0.4, 0.5) is 0 Å². The number of hydrogen-bond acceptors (Lipinski definition) is 0. The number of aromatic nitrogens is 2. The second-order valence-electron chi connectivity index (χ2n) is 14.8. The summed E-state index contributed by atoms with van der Waals surface area (Å²) in [6.07, 6.45) is 0. The van der Waals surface area contributed by atoms with Crippen LogP contribution in [0, 0.1) is 0 Å². The van der Waals surface area contributed by atoms with Crippen molar-refractivity contribution < 1.29 is 0 Å². The Balaban J connectivity index is 1.25. The maximum Gasteiger partial charge on any atom is 0.179 e. The summed E-state index contributed by atoms with van der Waals surface area (Å²) in [5.74, 6) is 0. The van der Waals surface area contributed by atoms with Crippen molar-refractivity contribution in [2.75, 3.05) is 0 Å². The lowest BCUT2D eigenvalue weighted by molar-refractivity contribution is 1.13. The number of nitrogens with zero attached hydrogens (tertiary/aromatic N) is 2. The van der Waals surface area contributed by atoms with Gasteiger partial charge < -0.3 is 9.13 Å². The van der Waals surface area contributed by atoms with Crippen molar-refractivity contribution in [1.29, 1.82) is 0 Å². The molecular formula is C54H38N2Si. The highest BCUT2D eigenvalue weighted by Gasteiger charge is 2.41. The molecule has 57 heavy (non-hydrogen) atoms. The largest absolute Gasteiger partial charge is 0.307 e. The highest BCUT2D eigenvalue weighted by molar-refractivity contribution is 7.20. The highest BCUT2D eigenvalue weighted by Crippen LogP contribution is 2.42. The summed E-state index contributed by atoms with van der Waals surface area (Å²) in [6, 6.07) is 85.1. The Labute approximate surface area is 333 Å². The van der Waals surface area contributed by atoms with Crippen molar-refractivity contribution in [1.82, 2.24) is 9.13 Å². The summed E-state index contributed by atoms with van der Waals surface area (Å²) >= 11 is 0. The Morgan fingerprint density at radius 3 is 1.47 bits per heavy atom. The van der Waals surface area contributed by atoms with Gasteiger partial charge in [0.05, 0.1) is 27.8 Å². The Morgan fingerprint density at radius 1 is 0.316 bits per heavy atom. The molecule has 0 radical (unpaired) electrons. The minimum Gasteiger partial charge on any atom is -0.307 e. The third kappa shape index (κ3) is 5.10. The number of rotatable bonds is 7. The summed E-state index contributed by atoms with van der Waals surface area (Å²) in [7, 11) is -2.75. The molecule has 0 spiro atoms. The lowest BCUT2D eigenvalue weighted by atomic mass is 9.99. The molecule has 11 rings (SSSR count). The van der Waals surface area contributed by atoms with E-state index in [-0.39, 0.29) is 0 Å². The molecule has 2 nitrogen and oxygen atoms in total. The van der Waals surface area contributed by atoms with Crippen LogP contribution in [0.1, 0.15) is 0 Å². The van der Waals surface area contributed by atoms with Gasteiger partial charge in [-0.05, 0) is 68.3 Å². The smallest absolute Gasteiger partial charge is 0.179 e. The van der Waals surface area contributed by atoms with Crippen LogP contribution in [0.15, 0.2) is 231 Å². The topological polar surface area (TPSA) is 9.86 Å². The van der Waals surface area contributed by atoms with Crippen molar-refractivity contribution in [3.05, 3.63) is 231 Å². The van der Waals surface area contributed by atoms with Crippen LogP contribution in [-0.4, -0.2) is 17.2 Å². The molecule has 0 amide bonds. The van der Waals surface area contributed by atoms with E-state index in [4.69, 9.17) is 0 Å². The number of benzene rings is 9. The van der Waals surface area contributed by atoms with Gasteiger partial charge in [-0.15, -0.1) is 0 Å². The number of para-hydroxylation sites is 3. The average molecular weight is 743 g/mol.